The monoisotopic (exact) mass is 351 g/mol. The van der Waals surface area contributed by atoms with Gasteiger partial charge in [0.05, 0.1) is 5.52 Å². The summed E-state index contributed by atoms with van der Waals surface area (Å²) in [6, 6.07) is 5.59. The van der Waals surface area contributed by atoms with Crippen LogP contribution in [0.2, 0.25) is 5.02 Å². The molecule has 2 aliphatic carbocycles. The summed E-state index contributed by atoms with van der Waals surface area (Å²) < 4.78 is 28.5. The van der Waals surface area contributed by atoms with Gasteiger partial charge in [-0.25, -0.2) is 4.98 Å². The standard InChI is InChI=1S/C18H20ClF2N3/c19-10-4-5-15-14(8-10)16(23-12-3-1-2-11(22)9-12)13-6-7-18(20,21)17(13)24-15/h4-5,8,11-12H,1-3,6-7,9,22H2,(H,23,24)/t11-,12+/m1/s1. The molecule has 1 aromatic heterocycles. The summed E-state index contributed by atoms with van der Waals surface area (Å²) in [4.78, 5) is 4.24. The van der Waals surface area contributed by atoms with Crippen molar-refractivity contribution in [2.45, 2.75) is 56.5 Å². The highest BCUT2D eigenvalue weighted by Crippen LogP contribution is 2.46. The fourth-order valence-electron chi connectivity index (χ4n) is 3.95. The number of nitrogens with two attached hydrogens (primary N) is 1. The van der Waals surface area contributed by atoms with E-state index >= 15 is 0 Å². The highest BCUT2D eigenvalue weighted by atomic mass is 35.5. The van der Waals surface area contributed by atoms with Gasteiger partial charge in [0.1, 0.15) is 5.69 Å². The molecule has 128 valence electrons. The number of nitrogens with one attached hydrogen (secondary N) is 1. The molecule has 0 aliphatic heterocycles. The van der Waals surface area contributed by atoms with E-state index in [2.05, 4.69) is 10.3 Å². The van der Waals surface area contributed by atoms with E-state index in [1.165, 1.54) is 0 Å². The molecule has 2 aliphatic rings. The Bertz CT molecular complexity index is 793. The number of pyridine rings is 1. The molecular weight excluding hydrogens is 332 g/mol. The van der Waals surface area contributed by atoms with Gasteiger partial charge in [-0.3, -0.25) is 0 Å². The number of rotatable bonds is 2. The van der Waals surface area contributed by atoms with Crippen molar-refractivity contribution in [3.63, 3.8) is 0 Å². The van der Waals surface area contributed by atoms with Crippen LogP contribution in [0.4, 0.5) is 14.5 Å². The number of anilines is 1. The predicted molar refractivity (Wildman–Crippen MR) is 92.8 cm³/mol. The van der Waals surface area contributed by atoms with Gasteiger partial charge in [-0.05, 0) is 50.3 Å². The van der Waals surface area contributed by atoms with Gasteiger partial charge in [0.2, 0.25) is 0 Å². The summed E-state index contributed by atoms with van der Waals surface area (Å²) in [6.07, 6.45) is 4.09. The second-order valence-electron chi connectivity index (χ2n) is 6.95. The van der Waals surface area contributed by atoms with Gasteiger partial charge in [-0.1, -0.05) is 11.6 Å². The fourth-order valence-corrected chi connectivity index (χ4v) is 4.12. The molecule has 3 nitrogen and oxygen atoms in total. The van der Waals surface area contributed by atoms with Crippen molar-refractivity contribution in [1.82, 2.24) is 4.98 Å². The Labute approximate surface area is 144 Å². The second kappa shape index (κ2) is 5.81. The van der Waals surface area contributed by atoms with Crippen LogP contribution < -0.4 is 11.1 Å². The molecule has 0 amide bonds. The lowest BCUT2D eigenvalue weighted by Crippen LogP contribution is -2.35. The van der Waals surface area contributed by atoms with Crippen LogP contribution in [-0.4, -0.2) is 17.1 Å². The third-order valence-electron chi connectivity index (χ3n) is 5.15. The molecule has 0 bridgehead atoms. The van der Waals surface area contributed by atoms with E-state index in [-0.39, 0.29) is 24.2 Å². The first kappa shape index (κ1) is 16.0. The molecule has 1 heterocycles. The van der Waals surface area contributed by atoms with Crippen molar-refractivity contribution in [1.29, 1.82) is 0 Å². The van der Waals surface area contributed by atoms with Crippen LogP contribution in [0, 0.1) is 0 Å². The molecule has 2 atom stereocenters. The van der Waals surface area contributed by atoms with Crippen molar-refractivity contribution < 1.29 is 8.78 Å². The predicted octanol–water partition coefficient (Wildman–Crippen LogP) is 4.61. The number of alkyl halides is 2. The number of hydrogen-bond donors (Lipinski definition) is 2. The van der Waals surface area contributed by atoms with Crippen LogP contribution >= 0.6 is 11.6 Å². The molecule has 1 aromatic carbocycles. The Hall–Kier alpha value is -1.46. The third kappa shape index (κ3) is 2.74. The molecule has 0 unspecified atom stereocenters. The van der Waals surface area contributed by atoms with E-state index < -0.39 is 5.92 Å². The van der Waals surface area contributed by atoms with Crippen LogP contribution in [0.5, 0.6) is 0 Å². The quantitative estimate of drug-likeness (QED) is 0.830. The summed E-state index contributed by atoms with van der Waals surface area (Å²) in [6.45, 7) is 0. The number of halogens is 3. The van der Waals surface area contributed by atoms with Gasteiger partial charge < -0.3 is 11.1 Å². The van der Waals surface area contributed by atoms with Crippen LogP contribution in [0.15, 0.2) is 18.2 Å². The molecular formula is C18H20ClF2N3. The second-order valence-corrected chi connectivity index (χ2v) is 7.38. The van der Waals surface area contributed by atoms with Crippen molar-refractivity contribution in [3.05, 3.63) is 34.5 Å². The van der Waals surface area contributed by atoms with Crippen LogP contribution in [0.25, 0.3) is 10.9 Å². The Balaban J connectivity index is 1.84. The molecule has 3 N–H and O–H groups in total. The maximum Gasteiger partial charge on any atom is 0.290 e. The minimum atomic E-state index is -2.86. The summed E-state index contributed by atoms with van der Waals surface area (Å²) in [5, 5.41) is 4.91. The largest absolute Gasteiger partial charge is 0.381 e. The molecule has 24 heavy (non-hydrogen) atoms. The smallest absolute Gasteiger partial charge is 0.290 e. The van der Waals surface area contributed by atoms with E-state index in [0.717, 1.165) is 36.8 Å². The highest BCUT2D eigenvalue weighted by Gasteiger charge is 2.43. The van der Waals surface area contributed by atoms with E-state index in [0.29, 0.717) is 22.5 Å². The van der Waals surface area contributed by atoms with Crippen LogP contribution in [0.3, 0.4) is 0 Å². The molecule has 6 heteroatoms. The summed E-state index contributed by atoms with van der Waals surface area (Å²) in [5.74, 6) is -2.86. The van der Waals surface area contributed by atoms with E-state index in [9.17, 15) is 8.78 Å². The number of fused-ring (bicyclic) bond motifs is 2. The zero-order valence-corrected chi connectivity index (χ0v) is 14.0. The molecule has 1 fully saturated rings. The number of nitrogens with zero attached hydrogens (tertiary/aromatic N) is 1. The Morgan fingerprint density at radius 2 is 2.12 bits per heavy atom. The Kier molecular flexibility index (Phi) is 3.88. The SMILES string of the molecule is N[C@@H]1CCC[C@H](Nc2c3c(nc4ccc(Cl)cc24)C(F)(F)CC3)C1. The minimum Gasteiger partial charge on any atom is -0.381 e. The van der Waals surface area contributed by atoms with Gasteiger partial charge >= 0.3 is 0 Å². The average molecular weight is 352 g/mol. The molecule has 0 spiro atoms. The van der Waals surface area contributed by atoms with Crippen molar-refractivity contribution in [2.75, 3.05) is 5.32 Å². The van der Waals surface area contributed by atoms with E-state index in [1.807, 2.05) is 6.07 Å². The van der Waals surface area contributed by atoms with E-state index in [4.69, 9.17) is 17.3 Å². The third-order valence-corrected chi connectivity index (χ3v) is 5.38. The number of aromatic nitrogens is 1. The highest BCUT2D eigenvalue weighted by molar-refractivity contribution is 6.31. The molecule has 0 radical (unpaired) electrons. The number of benzene rings is 1. The first-order valence-corrected chi connectivity index (χ1v) is 8.84. The summed E-state index contributed by atoms with van der Waals surface area (Å²) >= 11 is 6.14. The van der Waals surface area contributed by atoms with Crippen LogP contribution in [-0.2, 0) is 12.3 Å². The molecule has 1 saturated carbocycles. The van der Waals surface area contributed by atoms with Gasteiger partial charge in [0.15, 0.2) is 0 Å². The van der Waals surface area contributed by atoms with Crippen molar-refractivity contribution >= 4 is 28.2 Å². The lowest BCUT2D eigenvalue weighted by molar-refractivity contribution is -0.00566. The first-order valence-electron chi connectivity index (χ1n) is 8.46. The summed E-state index contributed by atoms with van der Waals surface area (Å²) in [7, 11) is 0. The molecule has 2 aromatic rings. The topological polar surface area (TPSA) is 50.9 Å². The van der Waals surface area contributed by atoms with Gasteiger partial charge in [-0.15, -0.1) is 0 Å². The zero-order valence-electron chi connectivity index (χ0n) is 13.3. The van der Waals surface area contributed by atoms with Gasteiger partial charge in [-0.2, -0.15) is 8.78 Å². The number of hydrogen-bond acceptors (Lipinski definition) is 3. The Morgan fingerprint density at radius 1 is 1.29 bits per heavy atom. The lowest BCUT2D eigenvalue weighted by Gasteiger charge is -2.29. The maximum absolute atomic E-state index is 14.2. The van der Waals surface area contributed by atoms with Crippen LogP contribution in [0.1, 0.15) is 43.4 Å². The minimum absolute atomic E-state index is 0.0834. The lowest BCUT2D eigenvalue weighted by atomic mass is 9.91. The zero-order chi connectivity index (χ0) is 16.9. The fraction of sp³-hybridized carbons (Fsp3) is 0.500. The van der Waals surface area contributed by atoms with E-state index in [1.54, 1.807) is 12.1 Å². The first-order chi connectivity index (χ1) is 11.4. The average Bonchev–Trinajstić information content (AvgIpc) is 2.83. The molecule has 4 rings (SSSR count). The maximum atomic E-state index is 14.2. The molecule has 0 saturated heterocycles. The Morgan fingerprint density at radius 3 is 2.92 bits per heavy atom. The summed E-state index contributed by atoms with van der Waals surface area (Å²) in [5.41, 5.74) is 7.96. The van der Waals surface area contributed by atoms with Crippen molar-refractivity contribution in [3.8, 4) is 0 Å². The van der Waals surface area contributed by atoms with Gasteiger partial charge in [0.25, 0.3) is 5.92 Å². The van der Waals surface area contributed by atoms with Crippen molar-refractivity contribution in [2.24, 2.45) is 5.73 Å². The van der Waals surface area contributed by atoms with Gasteiger partial charge in [0, 0.05) is 40.2 Å². The normalized spacial score (nSPS) is 25.7.